The standard InChI is InChI=1S/C15H16BrN3O4S/c1-10(15(20)18-12-5-8-14(23-2)17-9-12)19-24(21,22)13-6-3-11(16)4-7-13/h3-10,19H,1-2H3,(H,18,20)/t10-/m1/s1. The normalized spacial score (nSPS) is 12.5. The average Bonchev–Trinajstić information content (AvgIpc) is 2.55. The van der Waals surface area contributed by atoms with Crippen LogP contribution in [0.3, 0.4) is 0 Å². The lowest BCUT2D eigenvalue weighted by Gasteiger charge is -2.14. The van der Waals surface area contributed by atoms with E-state index in [-0.39, 0.29) is 4.90 Å². The van der Waals surface area contributed by atoms with Crippen molar-refractivity contribution in [2.45, 2.75) is 17.9 Å². The number of hydrogen-bond acceptors (Lipinski definition) is 5. The molecule has 1 aromatic carbocycles. The van der Waals surface area contributed by atoms with Crippen LogP contribution in [0.2, 0.25) is 0 Å². The number of carbonyl (C=O) groups excluding carboxylic acids is 1. The molecular formula is C15H16BrN3O4S. The maximum Gasteiger partial charge on any atom is 0.242 e. The summed E-state index contributed by atoms with van der Waals surface area (Å²) >= 11 is 3.24. The van der Waals surface area contributed by atoms with Gasteiger partial charge in [0.25, 0.3) is 0 Å². The van der Waals surface area contributed by atoms with Gasteiger partial charge in [0.15, 0.2) is 0 Å². The summed E-state index contributed by atoms with van der Waals surface area (Å²) in [5, 5.41) is 2.58. The minimum atomic E-state index is -3.79. The first-order valence-corrected chi connectivity index (χ1v) is 9.18. The van der Waals surface area contributed by atoms with E-state index in [1.165, 1.54) is 32.4 Å². The van der Waals surface area contributed by atoms with Crippen molar-refractivity contribution in [1.29, 1.82) is 0 Å². The number of ether oxygens (including phenoxy) is 1. The maximum absolute atomic E-state index is 12.3. The summed E-state index contributed by atoms with van der Waals surface area (Å²) in [4.78, 5) is 16.2. The molecule has 1 aromatic heterocycles. The first-order chi connectivity index (χ1) is 11.3. The zero-order valence-corrected chi connectivity index (χ0v) is 15.4. The molecule has 9 heteroatoms. The molecule has 2 rings (SSSR count). The van der Waals surface area contributed by atoms with Gasteiger partial charge in [0.2, 0.25) is 21.8 Å². The monoisotopic (exact) mass is 413 g/mol. The summed E-state index contributed by atoms with van der Waals surface area (Å²) in [6, 6.07) is 8.37. The predicted molar refractivity (Wildman–Crippen MR) is 93.3 cm³/mol. The van der Waals surface area contributed by atoms with Gasteiger partial charge in [0, 0.05) is 10.5 Å². The van der Waals surface area contributed by atoms with E-state index in [1.807, 2.05) is 0 Å². The molecule has 1 amide bonds. The number of anilines is 1. The van der Waals surface area contributed by atoms with Crippen LogP contribution < -0.4 is 14.8 Å². The van der Waals surface area contributed by atoms with Gasteiger partial charge in [-0.05, 0) is 37.3 Å². The number of halogens is 1. The number of benzene rings is 1. The van der Waals surface area contributed by atoms with Crippen LogP contribution in [0, 0.1) is 0 Å². The Hall–Kier alpha value is -1.97. The Morgan fingerprint density at radius 1 is 1.21 bits per heavy atom. The molecule has 0 unspecified atom stereocenters. The molecule has 0 saturated carbocycles. The molecule has 0 fully saturated rings. The molecule has 0 saturated heterocycles. The lowest BCUT2D eigenvalue weighted by atomic mass is 10.3. The Labute approximate surface area is 148 Å². The zero-order chi connectivity index (χ0) is 17.7. The van der Waals surface area contributed by atoms with Gasteiger partial charge < -0.3 is 10.1 Å². The van der Waals surface area contributed by atoms with E-state index in [0.717, 1.165) is 4.47 Å². The highest BCUT2D eigenvalue weighted by molar-refractivity contribution is 9.10. The quantitative estimate of drug-likeness (QED) is 0.755. The van der Waals surface area contributed by atoms with Crippen LogP contribution in [0.5, 0.6) is 5.88 Å². The van der Waals surface area contributed by atoms with Gasteiger partial charge >= 0.3 is 0 Å². The first kappa shape index (κ1) is 18.4. The third-order valence-electron chi connectivity index (χ3n) is 3.06. The molecule has 7 nitrogen and oxygen atoms in total. The molecule has 0 radical (unpaired) electrons. The van der Waals surface area contributed by atoms with Crippen molar-refractivity contribution in [3.05, 3.63) is 47.1 Å². The van der Waals surface area contributed by atoms with Crippen LogP contribution in [0.1, 0.15) is 6.92 Å². The Balaban J connectivity index is 2.03. The summed E-state index contributed by atoms with van der Waals surface area (Å²) in [5.41, 5.74) is 0.440. The number of rotatable bonds is 6. The number of nitrogens with zero attached hydrogens (tertiary/aromatic N) is 1. The smallest absolute Gasteiger partial charge is 0.242 e. The van der Waals surface area contributed by atoms with Gasteiger partial charge in [-0.1, -0.05) is 15.9 Å². The molecule has 1 atom stereocenters. The molecule has 2 aromatic rings. The number of aromatic nitrogens is 1. The summed E-state index contributed by atoms with van der Waals surface area (Å²) in [5.74, 6) is -0.0837. The SMILES string of the molecule is COc1ccc(NC(=O)[C@@H](C)NS(=O)(=O)c2ccc(Br)cc2)cn1. The summed E-state index contributed by atoms with van der Waals surface area (Å²) < 4.78 is 32.5. The second kappa shape index (κ2) is 7.73. The van der Waals surface area contributed by atoms with Crippen LogP contribution in [-0.4, -0.2) is 32.5 Å². The topological polar surface area (TPSA) is 97.4 Å². The lowest BCUT2D eigenvalue weighted by molar-refractivity contribution is -0.117. The number of carbonyl (C=O) groups is 1. The van der Waals surface area contributed by atoms with Gasteiger partial charge in [-0.3, -0.25) is 4.79 Å². The molecule has 0 spiro atoms. The molecule has 128 valence electrons. The van der Waals surface area contributed by atoms with Crippen LogP contribution in [-0.2, 0) is 14.8 Å². The molecule has 0 aliphatic rings. The lowest BCUT2D eigenvalue weighted by Crippen LogP contribution is -2.41. The molecule has 2 N–H and O–H groups in total. The predicted octanol–water partition coefficient (Wildman–Crippen LogP) is 2.16. The van der Waals surface area contributed by atoms with Crippen molar-refractivity contribution < 1.29 is 17.9 Å². The zero-order valence-electron chi connectivity index (χ0n) is 13.0. The highest BCUT2D eigenvalue weighted by Crippen LogP contribution is 2.15. The number of methoxy groups -OCH3 is 1. The Morgan fingerprint density at radius 3 is 2.42 bits per heavy atom. The van der Waals surface area contributed by atoms with Crippen LogP contribution in [0.4, 0.5) is 5.69 Å². The minimum Gasteiger partial charge on any atom is -0.481 e. The van der Waals surface area contributed by atoms with E-state index in [0.29, 0.717) is 11.6 Å². The Morgan fingerprint density at radius 2 is 1.88 bits per heavy atom. The number of amides is 1. The fourth-order valence-corrected chi connectivity index (χ4v) is 3.26. The number of pyridine rings is 1. The number of sulfonamides is 1. The van der Waals surface area contributed by atoms with Crippen molar-refractivity contribution in [1.82, 2.24) is 9.71 Å². The molecular weight excluding hydrogens is 398 g/mol. The van der Waals surface area contributed by atoms with Crippen LogP contribution in [0.25, 0.3) is 0 Å². The highest BCUT2D eigenvalue weighted by Gasteiger charge is 2.22. The average molecular weight is 414 g/mol. The van der Waals surface area contributed by atoms with Gasteiger partial charge in [-0.25, -0.2) is 13.4 Å². The largest absolute Gasteiger partial charge is 0.481 e. The van der Waals surface area contributed by atoms with Crippen molar-refractivity contribution in [2.75, 3.05) is 12.4 Å². The van der Waals surface area contributed by atoms with Crippen LogP contribution >= 0.6 is 15.9 Å². The van der Waals surface area contributed by atoms with Gasteiger partial charge in [0.05, 0.1) is 29.9 Å². The fourth-order valence-electron chi connectivity index (χ4n) is 1.79. The van der Waals surface area contributed by atoms with E-state index in [1.54, 1.807) is 24.3 Å². The minimum absolute atomic E-state index is 0.0801. The summed E-state index contributed by atoms with van der Waals surface area (Å²) in [6.07, 6.45) is 1.42. The fraction of sp³-hybridized carbons (Fsp3) is 0.200. The second-order valence-corrected chi connectivity index (χ2v) is 7.51. The van der Waals surface area contributed by atoms with E-state index >= 15 is 0 Å². The number of hydrogen-bond donors (Lipinski definition) is 2. The van der Waals surface area contributed by atoms with E-state index in [9.17, 15) is 13.2 Å². The molecule has 24 heavy (non-hydrogen) atoms. The molecule has 1 heterocycles. The summed E-state index contributed by atoms with van der Waals surface area (Å²) in [7, 11) is -2.31. The molecule has 0 aliphatic carbocycles. The van der Waals surface area contributed by atoms with Crippen molar-refractivity contribution in [2.24, 2.45) is 0 Å². The van der Waals surface area contributed by atoms with Gasteiger partial charge in [0.1, 0.15) is 0 Å². The Kier molecular flexibility index (Phi) is 5.92. The third-order valence-corrected chi connectivity index (χ3v) is 5.15. The Bertz CT molecular complexity index is 808. The van der Waals surface area contributed by atoms with Gasteiger partial charge in [-0.2, -0.15) is 4.72 Å². The maximum atomic E-state index is 12.3. The third kappa shape index (κ3) is 4.76. The van der Waals surface area contributed by atoms with Crippen LogP contribution in [0.15, 0.2) is 52.0 Å². The molecule has 0 bridgehead atoms. The highest BCUT2D eigenvalue weighted by atomic mass is 79.9. The van der Waals surface area contributed by atoms with Crippen molar-refractivity contribution >= 4 is 37.5 Å². The second-order valence-electron chi connectivity index (χ2n) is 4.88. The summed E-state index contributed by atoms with van der Waals surface area (Å²) in [6.45, 7) is 1.46. The van der Waals surface area contributed by atoms with Crippen molar-refractivity contribution in [3.63, 3.8) is 0 Å². The molecule has 0 aliphatic heterocycles. The van der Waals surface area contributed by atoms with E-state index in [2.05, 4.69) is 31.0 Å². The number of nitrogens with one attached hydrogen (secondary N) is 2. The first-order valence-electron chi connectivity index (χ1n) is 6.90. The van der Waals surface area contributed by atoms with E-state index < -0.39 is 22.0 Å². The van der Waals surface area contributed by atoms with Gasteiger partial charge in [-0.15, -0.1) is 0 Å². The van der Waals surface area contributed by atoms with E-state index in [4.69, 9.17) is 4.74 Å². The van der Waals surface area contributed by atoms with Crippen molar-refractivity contribution in [3.8, 4) is 5.88 Å².